The number of pyridine rings is 1. The van der Waals surface area contributed by atoms with Gasteiger partial charge in [0.1, 0.15) is 5.82 Å². The molecular formula is C15H14FN3S. The lowest BCUT2D eigenvalue weighted by Crippen LogP contribution is -2.26. The highest BCUT2D eigenvalue weighted by Crippen LogP contribution is 2.44. The molecule has 3 nitrogen and oxygen atoms in total. The average molecular weight is 287 g/mol. The summed E-state index contributed by atoms with van der Waals surface area (Å²) in [5.74, 6) is -0.286. The van der Waals surface area contributed by atoms with Gasteiger partial charge in [0.15, 0.2) is 0 Å². The van der Waals surface area contributed by atoms with Gasteiger partial charge in [0.05, 0.1) is 11.9 Å². The molecule has 0 saturated heterocycles. The van der Waals surface area contributed by atoms with Crippen LogP contribution in [0, 0.1) is 5.82 Å². The Morgan fingerprint density at radius 3 is 2.85 bits per heavy atom. The van der Waals surface area contributed by atoms with Gasteiger partial charge in [-0.3, -0.25) is 4.98 Å². The third kappa shape index (κ3) is 1.89. The molecule has 0 fully saturated rings. The van der Waals surface area contributed by atoms with Gasteiger partial charge in [0, 0.05) is 37.0 Å². The SMILES string of the molecule is CN1Cc2cc(-c3cncc(F)c3)cc3c2N(CC3)S1. The topological polar surface area (TPSA) is 19.4 Å². The van der Waals surface area contributed by atoms with Gasteiger partial charge in [-0.1, -0.05) is 0 Å². The lowest BCUT2D eigenvalue weighted by Gasteiger charge is -2.32. The minimum atomic E-state index is -0.286. The van der Waals surface area contributed by atoms with E-state index in [1.165, 1.54) is 23.0 Å². The zero-order chi connectivity index (χ0) is 13.7. The second kappa shape index (κ2) is 4.46. The largest absolute Gasteiger partial charge is 0.302 e. The maximum Gasteiger partial charge on any atom is 0.142 e. The summed E-state index contributed by atoms with van der Waals surface area (Å²) in [6.45, 7) is 1.96. The van der Waals surface area contributed by atoms with E-state index in [0.717, 1.165) is 30.6 Å². The number of nitrogens with zero attached hydrogens (tertiary/aromatic N) is 3. The summed E-state index contributed by atoms with van der Waals surface area (Å²) in [4.78, 5) is 3.95. The minimum Gasteiger partial charge on any atom is -0.302 e. The molecule has 4 rings (SSSR count). The van der Waals surface area contributed by atoms with Crippen LogP contribution in [0.5, 0.6) is 0 Å². The minimum absolute atomic E-state index is 0.286. The Morgan fingerprint density at radius 1 is 1.15 bits per heavy atom. The molecule has 0 saturated carbocycles. The first-order valence-electron chi connectivity index (χ1n) is 6.64. The van der Waals surface area contributed by atoms with E-state index in [1.807, 2.05) is 0 Å². The molecule has 1 aromatic carbocycles. The highest BCUT2D eigenvalue weighted by molar-refractivity contribution is 7.98. The third-order valence-corrected chi connectivity index (χ3v) is 4.74. The number of halogens is 1. The quantitative estimate of drug-likeness (QED) is 0.750. The zero-order valence-corrected chi connectivity index (χ0v) is 12.0. The molecule has 2 aliphatic rings. The molecular weight excluding hydrogens is 273 g/mol. The van der Waals surface area contributed by atoms with Crippen LogP contribution in [-0.4, -0.2) is 22.9 Å². The van der Waals surface area contributed by atoms with Crippen LogP contribution in [0.15, 0.2) is 30.6 Å². The van der Waals surface area contributed by atoms with Crippen LogP contribution in [0.1, 0.15) is 11.1 Å². The molecule has 0 amide bonds. The van der Waals surface area contributed by atoms with Crippen molar-refractivity contribution in [3.8, 4) is 11.1 Å². The number of anilines is 1. The van der Waals surface area contributed by atoms with Crippen molar-refractivity contribution in [3.05, 3.63) is 47.5 Å². The van der Waals surface area contributed by atoms with Crippen LogP contribution < -0.4 is 4.31 Å². The molecule has 102 valence electrons. The lowest BCUT2D eigenvalue weighted by atomic mass is 9.98. The van der Waals surface area contributed by atoms with Crippen molar-refractivity contribution in [2.75, 3.05) is 17.9 Å². The number of hydrogen-bond acceptors (Lipinski definition) is 4. The van der Waals surface area contributed by atoms with Gasteiger partial charge >= 0.3 is 0 Å². The Labute approximate surface area is 121 Å². The summed E-state index contributed by atoms with van der Waals surface area (Å²) < 4.78 is 17.9. The van der Waals surface area contributed by atoms with E-state index in [-0.39, 0.29) is 5.82 Å². The number of rotatable bonds is 1. The number of aromatic nitrogens is 1. The van der Waals surface area contributed by atoms with E-state index < -0.39 is 0 Å². The number of hydrogen-bond donors (Lipinski definition) is 0. The Hall–Kier alpha value is -1.59. The standard InChI is InChI=1S/C15H14FN3S/c1-18-9-13-5-11(12-6-14(16)8-17-7-12)4-10-2-3-19(20-18)15(10)13/h4-8H,2-3,9H2,1H3. The van der Waals surface area contributed by atoms with Crippen LogP contribution in [0.2, 0.25) is 0 Å². The van der Waals surface area contributed by atoms with Crippen molar-refractivity contribution < 1.29 is 4.39 Å². The number of benzene rings is 1. The van der Waals surface area contributed by atoms with Crippen LogP contribution >= 0.6 is 12.1 Å². The first-order valence-corrected chi connectivity index (χ1v) is 7.37. The molecule has 0 aliphatic carbocycles. The first kappa shape index (κ1) is 12.2. The summed E-state index contributed by atoms with van der Waals surface area (Å²) in [5.41, 5.74) is 5.96. The van der Waals surface area contributed by atoms with Crippen molar-refractivity contribution in [1.82, 2.24) is 9.29 Å². The predicted molar refractivity (Wildman–Crippen MR) is 79.7 cm³/mol. The first-order chi connectivity index (χ1) is 9.70. The molecule has 5 heteroatoms. The molecule has 3 heterocycles. The van der Waals surface area contributed by atoms with E-state index in [4.69, 9.17) is 0 Å². The van der Waals surface area contributed by atoms with E-state index >= 15 is 0 Å². The summed E-state index contributed by atoms with van der Waals surface area (Å²) in [6, 6.07) is 5.90. The van der Waals surface area contributed by atoms with Crippen molar-refractivity contribution in [2.24, 2.45) is 0 Å². The Bertz CT molecular complexity index is 689. The van der Waals surface area contributed by atoms with Gasteiger partial charge in [0.25, 0.3) is 0 Å². The maximum absolute atomic E-state index is 13.4. The fourth-order valence-electron chi connectivity index (χ4n) is 2.98. The third-order valence-electron chi connectivity index (χ3n) is 3.77. The second-order valence-corrected chi connectivity index (χ2v) is 6.48. The summed E-state index contributed by atoms with van der Waals surface area (Å²) in [5, 5.41) is 0. The molecule has 0 atom stereocenters. The van der Waals surface area contributed by atoms with Gasteiger partial charge in [-0.2, -0.15) is 0 Å². The molecule has 1 aromatic heterocycles. The summed E-state index contributed by atoms with van der Waals surface area (Å²) in [7, 11) is 2.10. The smallest absolute Gasteiger partial charge is 0.142 e. The van der Waals surface area contributed by atoms with Gasteiger partial charge in [-0.05, 0) is 48.4 Å². The lowest BCUT2D eigenvalue weighted by molar-refractivity contribution is 0.556. The molecule has 0 N–H and O–H groups in total. The highest BCUT2D eigenvalue weighted by atomic mass is 32.2. The van der Waals surface area contributed by atoms with Gasteiger partial charge < -0.3 is 4.31 Å². The van der Waals surface area contributed by atoms with Gasteiger partial charge in [0.2, 0.25) is 0 Å². The zero-order valence-electron chi connectivity index (χ0n) is 11.1. The van der Waals surface area contributed by atoms with Crippen LogP contribution in [0.25, 0.3) is 11.1 Å². The van der Waals surface area contributed by atoms with Crippen molar-refractivity contribution in [1.29, 1.82) is 0 Å². The van der Waals surface area contributed by atoms with E-state index in [9.17, 15) is 4.39 Å². The normalized spacial score (nSPS) is 17.4. The van der Waals surface area contributed by atoms with Gasteiger partial charge in [-0.15, -0.1) is 0 Å². The average Bonchev–Trinajstić information content (AvgIpc) is 2.82. The van der Waals surface area contributed by atoms with Gasteiger partial charge in [-0.25, -0.2) is 8.70 Å². The fourth-order valence-corrected chi connectivity index (χ4v) is 4.00. The van der Waals surface area contributed by atoms with Crippen LogP contribution in [0.4, 0.5) is 10.1 Å². The molecule has 0 unspecified atom stereocenters. The molecule has 0 spiro atoms. The Balaban J connectivity index is 1.86. The molecule has 2 aromatic rings. The highest BCUT2D eigenvalue weighted by Gasteiger charge is 2.29. The Morgan fingerprint density at radius 2 is 2.00 bits per heavy atom. The molecule has 0 bridgehead atoms. The van der Waals surface area contributed by atoms with Crippen molar-refractivity contribution >= 4 is 17.8 Å². The maximum atomic E-state index is 13.4. The van der Waals surface area contributed by atoms with Crippen molar-refractivity contribution in [3.63, 3.8) is 0 Å². The van der Waals surface area contributed by atoms with Crippen LogP contribution in [-0.2, 0) is 13.0 Å². The predicted octanol–water partition coefficient (Wildman–Crippen LogP) is 3.26. The molecule has 2 aliphatic heterocycles. The summed E-state index contributed by atoms with van der Waals surface area (Å²) >= 11 is 1.78. The monoisotopic (exact) mass is 287 g/mol. The molecule has 0 radical (unpaired) electrons. The van der Waals surface area contributed by atoms with E-state index in [0.29, 0.717) is 0 Å². The second-order valence-electron chi connectivity index (χ2n) is 5.25. The fraction of sp³-hybridized carbons (Fsp3) is 0.267. The molecule has 20 heavy (non-hydrogen) atoms. The van der Waals surface area contributed by atoms with Crippen molar-refractivity contribution in [2.45, 2.75) is 13.0 Å². The van der Waals surface area contributed by atoms with E-state index in [1.54, 1.807) is 24.4 Å². The summed E-state index contributed by atoms with van der Waals surface area (Å²) in [6.07, 6.45) is 4.03. The Kier molecular flexibility index (Phi) is 2.72. The van der Waals surface area contributed by atoms with Crippen LogP contribution in [0.3, 0.4) is 0 Å². The van der Waals surface area contributed by atoms with E-state index in [2.05, 4.69) is 32.8 Å².